The summed E-state index contributed by atoms with van der Waals surface area (Å²) >= 11 is 3.47. The van der Waals surface area contributed by atoms with Gasteiger partial charge in [0.05, 0.1) is 0 Å². The van der Waals surface area contributed by atoms with E-state index in [9.17, 15) is 0 Å². The van der Waals surface area contributed by atoms with E-state index in [1.54, 1.807) is 0 Å². The average molecular weight is 160 g/mol. The van der Waals surface area contributed by atoms with Crippen LogP contribution in [0.5, 0.6) is 0 Å². The Hall–Kier alpha value is 2.29. The van der Waals surface area contributed by atoms with Crippen molar-refractivity contribution in [1.82, 2.24) is 0 Å². The molecule has 0 amide bonds. The topological polar surface area (TPSA) is 57.5 Å². The van der Waals surface area contributed by atoms with E-state index in [2.05, 4.69) is 11.2 Å². The van der Waals surface area contributed by atoms with Gasteiger partial charge >= 0.3 is 0 Å². The Morgan fingerprint density at radius 1 is 1.29 bits per heavy atom. The van der Waals surface area contributed by atoms with Gasteiger partial charge in [-0.1, -0.05) is 0 Å². The minimum atomic E-state index is -3.83. The second-order valence-corrected chi connectivity index (χ2v) is 2.65. The Labute approximate surface area is 91.2 Å². The van der Waals surface area contributed by atoms with Crippen LogP contribution < -0.4 is 0 Å². The molecule has 0 saturated heterocycles. The Morgan fingerprint density at radius 3 is 1.29 bits per heavy atom. The first-order valence-corrected chi connectivity index (χ1v) is 3.10. The Balaban J connectivity index is -0.0000000800. The van der Waals surface area contributed by atoms with Gasteiger partial charge in [0, 0.05) is 70.3 Å². The molecule has 0 aromatic carbocycles. The summed E-state index contributed by atoms with van der Waals surface area (Å²) in [6.07, 6.45) is 0. The number of hydrogen-bond acceptors (Lipinski definition) is 2. The molecule has 34 valence electrons. The van der Waals surface area contributed by atoms with Crippen LogP contribution in [0.1, 0.15) is 0 Å². The quantitative estimate of drug-likeness (QED) is 0.442. The molecule has 0 aromatic rings. The third-order valence-electron chi connectivity index (χ3n) is 0. The second-order valence-electron chi connectivity index (χ2n) is 0.448. The van der Waals surface area contributed by atoms with Crippen LogP contribution in [0.4, 0.5) is 0 Å². The van der Waals surface area contributed by atoms with Gasteiger partial charge in [-0.15, -0.1) is 0 Å². The van der Waals surface area contributed by atoms with Gasteiger partial charge in [0.25, 0.3) is 9.05 Å². The van der Waals surface area contributed by atoms with Crippen molar-refractivity contribution >= 4 is 79.4 Å². The Kier molecular flexibility index (Phi) is 14.8. The molecular weight excluding hydrogens is 158 g/mol. The van der Waals surface area contributed by atoms with Gasteiger partial charge < -0.3 is 0 Å². The van der Waals surface area contributed by atoms with Crippen molar-refractivity contribution in [3.63, 3.8) is 0 Å². The van der Waals surface area contributed by atoms with Crippen LogP contribution in [0.15, 0.2) is 0 Å². The van der Waals surface area contributed by atoms with E-state index in [-0.39, 0.29) is 59.1 Å². The largest absolute Gasteiger partial charge is 0.285 e. The van der Waals surface area contributed by atoms with Gasteiger partial charge in [0.2, 0.25) is 0 Å². The summed E-state index contributed by atoms with van der Waals surface area (Å²) in [6.45, 7) is 0. The second kappa shape index (κ2) is 6.41. The molecule has 7 heavy (non-hydrogen) atoms. The van der Waals surface area contributed by atoms with Crippen LogP contribution >= 0.6 is 0 Å². The number of hydrogen-bond donors (Lipinski definition) is 2. The summed E-state index contributed by atoms with van der Waals surface area (Å²) in [5, 5.41) is 0. The molecule has 0 spiro atoms. The maximum absolute atomic E-state index is 9.11. The van der Waals surface area contributed by atoms with Crippen LogP contribution in [0.25, 0.3) is 0 Å². The van der Waals surface area contributed by atoms with Crippen LogP contribution in [-0.2, 0) is 20.2 Å². The van der Waals surface area contributed by atoms with E-state index < -0.39 is 9.05 Å². The summed E-state index contributed by atoms with van der Waals surface area (Å²) in [6, 6.07) is 0. The third kappa shape index (κ3) is 62.5. The average Bonchev–Trinajstić information content (AvgIpc) is 0.722. The predicted octanol–water partition coefficient (Wildman–Crippen LogP) is -1.08. The molecule has 0 saturated carbocycles. The zero-order chi connectivity index (χ0) is 4.50. The molecule has 2 radical (unpaired) electrons. The zero-order valence-corrected chi connectivity index (χ0v) is 9.75. The van der Waals surface area contributed by atoms with Crippen LogP contribution in [0, 0.1) is 0 Å². The molecule has 0 atom stereocenters. The summed E-state index contributed by atoms with van der Waals surface area (Å²) in [7, 11) is -3.83. The SMILES string of the molecule is O=S(O)(O)=S.[Na].[Na]. The first-order valence-electron chi connectivity index (χ1n) is 0.698. The minimum Gasteiger partial charge on any atom is -0.285 e. The molecule has 0 rings (SSSR count). The Morgan fingerprint density at radius 2 is 1.29 bits per heavy atom. The zero-order valence-electron chi connectivity index (χ0n) is 4.12. The molecule has 7 heteroatoms. The van der Waals surface area contributed by atoms with Gasteiger partial charge in [-0.05, 0) is 0 Å². The molecule has 0 aliphatic carbocycles. The van der Waals surface area contributed by atoms with Gasteiger partial charge in [0.15, 0.2) is 0 Å². The van der Waals surface area contributed by atoms with Crippen LogP contribution in [0.3, 0.4) is 0 Å². The molecule has 0 aromatic heterocycles. The van der Waals surface area contributed by atoms with E-state index >= 15 is 0 Å². The van der Waals surface area contributed by atoms with Crippen molar-refractivity contribution in [3.05, 3.63) is 0 Å². The first kappa shape index (κ1) is 16.1. The van der Waals surface area contributed by atoms with Gasteiger partial charge in [0.1, 0.15) is 0 Å². The molecule has 0 bridgehead atoms. The molecule has 3 nitrogen and oxygen atoms in total. The van der Waals surface area contributed by atoms with E-state index in [0.29, 0.717) is 0 Å². The van der Waals surface area contributed by atoms with Gasteiger partial charge in [-0.25, -0.2) is 0 Å². The molecule has 0 fully saturated rings. The molecule has 0 unspecified atom stereocenters. The fourth-order valence-corrected chi connectivity index (χ4v) is 0. The fourth-order valence-electron chi connectivity index (χ4n) is 0. The van der Waals surface area contributed by atoms with E-state index in [4.69, 9.17) is 13.3 Å². The summed E-state index contributed by atoms with van der Waals surface area (Å²) in [4.78, 5) is 0. The van der Waals surface area contributed by atoms with Crippen molar-refractivity contribution in [2.24, 2.45) is 0 Å². The summed E-state index contributed by atoms with van der Waals surface area (Å²) in [5.74, 6) is 0. The normalized spacial score (nSPS) is 8.29. The Bertz CT molecular complexity index is 94.1. The smallest absolute Gasteiger partial charge is 0.263 e. The maximum atomic E-state index is 9.11. The molecule has 0 heterocycles. The predicted molar refractivity (Wildman–Crippen MR) is 32.3 cm³/mol. The monoisotopic (exact) mass is 160 g/mol. The van der Waals surface area contributed by atoms with Crippen molar-refractivity contribution in [1.29, 1.82) is 0 Å². The first-order chi connectivity index (χ1) is 2.00. The standard InChI is InChI=1S/2Na.H2O3S2/c;;1-5(2,3)4/h;;(H2,1,2,3,4). The van der Waals surface area contributed by atoms with Gasteiger partial charge in [-0.2, -0.15) is 4.21 Å². The fraction of sp³-hybridized carbons (Fsp3) is 0. The van der Waals surface area contributed by atoms with E-state index in [1.807, 2.05) is 0 Å². The molecule has 0 aliphatic heterocycles. The van der Waals surface area contributed by atoms with Crippen LogP contribution in [-0.4, -0.2) is 72.4 Å². The molecule has 2 N–H and O–H groups in total. The third-order valence-corrected chi connectivity index (χ3v) is 0. The molecule has 0 aliphatic rings. The van der Waals surface area contributed by atoms with Crippen LogP contribution in [0.2, 0.25) is 0 Å². The summed E-state index contributed by atoms with van der Waals surface area (Å²) < 4.78 is 24.0. The van der Waals surface area contributed by atoms with Crippen molar-refractivity contribution < 1.29 is 13.3 Å². The van der Waals surface area contributed by atoms with E-state index in [0.717, 1.165) is 0 Å². The maximum Gasteiger partial charge on any atom is 0.263 e. The van der Waals surface area contributed by atoms with Crippen molar-refractivity contribution in [2.75, 3.05) is 0 Å². The molecular formula is H2Na2O3S2. The van der Waals surface area contributed by atoms with Crippen molar-refractivity contribution in [2.45, 2.75) is 0 Å². The minimum absolute atomic E-state index is 0. The summed E-state index contributed by atoms with van der Waals surface area (Å²) in [5.41, 5.74) is 0. The van der Waals surface area contributed by atoms with E-state index in [1.165, 1.54) is 0 Å². The van der Waals surface area contributed by atoms with Crippen molar-refractivity contribution in [3.8, 4) is 0 Å². The van der Waals surface area contributed by atoms with Gasteiger partial charge in [-0.3, -0.25) is 9.11 Å². The number of rotatable bonds is 0.